The maximum atomic E-state index is 12.4. The van der Waals surface area contributed by atoms with Gasteiger partial charge in [0, 0.05) is 32.2 Å². The highest BCUT2D eigenvalue weighted by Crippen LogP contribution is 2.12. The molecule has 2 heterocycles. The van der Waals surface area contributed by atoms with Gasteiger partial charge < -0.3 is 10.0 Å². The zero-order chi connectivity index (χ0) is 15.6. The lowest BCUT2D eigenvalue weighted by Crippen LogP contribution is -2.50. The van der Waals surface area contributed by atoms with Gasteiger partial charge in [0.25, 0.3) is 5.91 Å². The van der Waals surface area contributed by atoms with Crippen molar-refractivity contribution in [2.24, 2.45) is 0 Å². The predicted molar refractivity (Wildman–Crippen MR) is 78.5 cm³/mol. The maximum absolute atomic E-state index is 12.4. The molecule has 0 saturated carbocycles. The highest BCUT2D eigenvalue weighted by atomic mass is 16.4. The Bertz CT molecular complexity index is 549. The first-order valence-electron chi connectivity index (χ1n) is 7.14. The molecule has 114 valence electrons. The zero-order valence-electron chi connectivity index (χ0n) is 12.7. The highest BCUT2D eigenvalue weighted by molar-refractivity contribution is 5.94. The van der Waals surface area contributed by atoms with Crippen LogP contribution in [0.5, 0.6) is 0 Å². The minimum absolute atomic E-state index is 0.126. The van der Waals surface area contributed by atoms with E-state index in [1.165, 1.54) is 12.1 Å². The number of aromatic nitrogens is 1. The molecule has 1 aliphatic rings. The summed E-state index contributed by atoms with van der Waals surface area (Å²) in [5.74, 6) is -1.15. The van der Waals surface area contributed by atoms with Crippen molar-refractivity contribution < 1.29 is 14.7 Å². The molecule has 0 radical (unpaired) electrons. The molecule has 0 bridgehead atoms. The molecular weight excluding hydrogens is 270 g/mol. The van der Waals surface area contributed by atoms with Crippen molar-refractivity contribution in [3.05, 3.63) is 29.1 Å². The van der Waals surface area contributed by atoms with Gasteiger partial charge in [-0.3, -0.25) is 9.69 Å². The number of piperazine rings is 1. The number of rotatable bonds is 3. The van der Waals surface area contributed by atoms with Gasteiger partial charge in [-0.1, -0.05) is 0 Å². The molecule has 1 N–H and O–H groups in total. The van der Waals surface area contributed by atoms with E-state index in [0.717, 1.165) is 13.1 Å². The van der Waals surface area contributed by atoms with E-state index in [0.29, 0.717) is 30.5 Å². The number of hydrogen-bond acceptors (Lipinski definition) is 4. The number of carboxylic acid groups (broad SMARTS) is 1. The third-order valence-corrected chi connectivity index (χ3v) is 3.87. The van der Waals surface area contributed by atoms with Crippen LogP contribution < -0.4 is 0 Å². The third kappa shape index (κ3) is 3.39. The topological polar surface area (TPSA) is 73.7 Å². The molecule has 1 amide bonds. The van der Waals surface area contributed by atoms with E-state index < -0.39 is 5.97 Å². The monoisotopic (exact) mass is 291 g/mol. The summed E-state index contributed by atoms with van der Waals surface area (Å²) in [4.78, 5) is 31.6. The summed E-state index contributed by atoms with van der Waals surface area (Å²) in [6.07, 6.45) is 0. The van der Waals surface area contributed by atoms with Crippen LogP contribution in [0.3, 0.4) is 0 Å². The molecule has 1 saturated heterocycles. The van der Waals surface area contributed by atoms with Gasteiger partial charge in [0.15, 0.2) is 0 Å². The van der Waals surface area contributed by atoms with Crippen molar-refractivity contribution in [3.8, 4) is 0 Å². The number of amides is 1. The zero-order valence-corrected chi connectivity index (χ0v) is 12.7. The number of nitrogens with zero attached hydrogens (tertiary/aromatic N) is 3. The quantitative estimate of drug-likeness (QED) is 0.907. The molecule has 6 heteroatoms. The van der Waals surface area contributed by atoms with Gasteiger partial charge in [-0.15, -0.1) is 0 Å². The molecule has 1 fully saturated rings. The van der Waals surface area contributed by atoms with Crippen LogP contribution in [0.4, 0.5) is 0 Å². The van der Waals surface area contributed by atoms with Crippen LogP contribution >= 0.6 is 0 Å². The molecule has 6 nitrogen and oxygen atoms in total. The molecule has 0 aromatic carbocycles. The number of carbonyl (C=O) groups is 2. The van der Waals surface area contributed by atoms with E-state index in [2.05, 4.69) is 23.7 Å². The van der Waals surface area contributed by atoms with Crippen molar-refractivity contribution >= 4 is 11.9 Å². The predicted octanol–water partition coefficient (Wildman–Crippen LogP) is 1.25. The SMILES string of the molecule is Cc1nc(C(=O)N2CCN(C(C)C)CC2)ccc1C(=O)O. The number of hydrogen-bond donors (Lipinski definition) is 1. The number of aromatic carboxylic acids is 1. The second-order valence-corrected chi connectivity index (χ2v) is 5.56. The summed E-state index contributed by atoms with van der Waals surface area (Å²) in [7, 11) is 0. The Hall–Kier alpha value is -1.95. The lowest BCUT2D eigenvalue weighted by atomic mass is 10.1. The lowest BCUT2D eigenvalue weighted by molar-refractivity contribution is 0.0588. The van der Waals surface area contributed by atoms with Crippen LogP contribution in [0.1, 0.15) is 40.4 Å². The Morgan fingerprint density at radius 3 is 2.29 bits per heavy atom. The fourth-order valence-corrected chi connectivity index (χ4v) is 2.51. The van der Waals surface area contributed by atoms with Crippen LogP contribution in [0.2, 0.25) is 0 Å². The Kier molecular flexibility index (Phi) is 4.57. The fraction of sp³-hybridized carbons (Fsp3) is 0.533. The second-order valence-electron chi connectivity index (χ2n) is 5.56. The first-order valence-corrected chi connectivity index (χ1v) is 7.14. The van der Waals surface area contributed by atoms with Crippen LogP contribution in [0, 0.1) is 6.92 Å². The van der Waals surface area contributed by atoms with Gasteiger partial charge in [0.2, 0.25) is 0 Å². The van der Waals surface area contributed by atoms with Crippen molar-refractivity contribution in [2.75, 3.05) is 26.2 Å². The number of pyridine rings is 1. The van der Waals surface area contributed by atoms with Crippen molar-refractivity contribution in [1.29, 1.82) is 0 Å². The van der Waals surface area contributed by atoms with Gasteiger partial charge in [-0.25, -0.2) is 9.78 Å². The first-order chi connectivity index (χ1) is 9.90. The van der Waals surface area contributed by atoms with Crippen LogP contribution in [0.25, 0.3) is 0 Å². The van der Waals surface area contributed by atoms with Crippen molar-refractivity contribution in [3.63, 3.8) is 0 Å². The molecule has 2 rings (SSSR count). The van der Waals surface area contributed by atoms with E-state index in [1.54, 1.807) is 11.8 Å². The van der Waals surface area contributed by atoms with E-state index in [1.807, 2.05) is 0 Å². The van der Waals surface area contributed by atoms with E-state index in [-0.39, 0.29) is 11.5 Å². The summed E-state index contributed by atoms with van der Waals surface area (Å²) >= 11 is 0. The summed E-state index contributed by atoms with van der Waals surface area (Å²) < 4.78 is 0. The summed E-state index contributed by atoms with van der Waals surface area (Å²) in [5.41, 5.74) is 0.820. The molecule has 0 atom stereocenters. The molecule has 1 aliphatic heterocycles. The van der Waals surface area contributed by atoms with Gasteiger partial charge in [0.05, 0.1) is 11.3 Å². The van der Waals surface area contributed by atoms with Crippen LogP contribution in [0.15, 0.2) is 12.1 Å². The summed E-state index contributed by atoms with van der Waals surface area (Å²) in [6.45, 7) is 8.97. The Morgan fingerprint density at radius 1 is 1.19 bits per heavy atom. The Morgan fingerprint density at radius 2 is 1.81 bits per heavy atom. The van der Waals surface area contributed by atoms with Crippen molar-refractivity contribution in [1.82, 2.24) is 14.8 Å². The van der Waals surface area contributed by atoms with Crippen LogP contribution in [-0.2, 0) is 0 Å². The Labute approximate surface area is 124 Å². The second kappa shape index (κ2) is 6.22. The number of carboxylic acids is 1. The fourth-order valence-electron chi connectivity index (χ4n) is 2.51. The average Bonchev–Trinajstić information content (AvgIpc) is 2.46. The molecular formula is C15H21N3O3. The maximum Gasteiger partial charge on any atom is 0.337 e. The smallest absolute Gasteiger partial charge is 0.337 e. The standard InChI is InChI=1S/C15H21N3O3/c1-10(2)17-6-8-18(9-7-17)14(19)13-5-4-12(15(20)21)11(3)16-13/h4-5,10H,6-9H2,1-3H3,(H,20,21). The molecule has 21 heavy (non-hydrogen) atoms. The first kappa shape index (κ1) is 15.4. The lowest BCUT2D eigenvalue weighted by Gasteiger charge is -2.36. The average molecular weight is 291 g/mol. The minimum Gasteiger partial charge on any atom is -0.478 e. The van der Waals surface area contributed by atoms with Gasteiger partial charge in [-0.2, -0.15) is 0 Å². The summed E-state index contributed by atoms with van der Waals surface area (Å²) in [5, 5.41) is 8.98. The molecule has 1 aromatic heterocycles. The normalized spacial score (nSPS) is 16.3. The number of aryl methyl sites for hydroxylation is 1. The van der Waals surface area contributed by atoms with E-state index >= 15 is 0 Å². The third-order valence-electron chi connectivity index (χ3n) is 3.87. The Balaban J connectivity index is 2.08. The highest BCUT2D eigenvalue weighted by Gasteiger charge is 2.24. The molecule has 0 unspecified atom stereocenters. The van der Waals surface area contributed by atoms with Gasteiger partial charge in [0.1, 0.15) is 5.69 Å². The largest absolute Gasteiger partial charge is 0.478 e. The molecule has 1 aromatic rings. The minimum atomic E-state index is -1.02. The van der Waals surface area contributed by atoms with Crippen LogP contribution in [-0.4, -0.2) is 64.0 Å². The van der Waals surface area contributed by atoms with Gasteiger partial charge in [-0.05, 0) is 32.9 Å². The number of carbonyl (C=O) groups excluding carboxylic acids is 1. The summed E-state index contributed by atoms with van der Waals surface area (Å²) in [6, 6.07) is 3.42. The van der Waals surface area contributed by atoms with E-state index in [9.17, 15) is 9.59 Å². The molecule has 0 aliphatic carbocycles. The van der Waals surface area contributed by atoms with E-state index in [4.69, 9.17) is 5.11 Å². The van der Waals surface area contributed by atoms with Gasteiger partial charge >= 0.3 is 5.97 Å². The van der Waals surface area contributed by atoms with Crippen molar-refractivity contribution in [2.45, 2.75) is 26.8 Å². The molecule has 0 spiro atoms.